The van der Waals surface area contributed by atoms with Crippen molar-refractivity contribution in [3.05, 3.63) is 96.6 Å². The molecule has 0 bridgehead atoms. The quantitative estimate of drug-likeness (QED) is 0.371. The van der Waals surface area contributed by atoms with Crippen molar-refractivity contribution in [1.82, 2.24) is 0 Å². The molecule has 0 fully saturated rings. The molecule has 0 atom stereocenters. The van der Waals surface area contributed by atoms with Crippen LogP contribution in [-0.2, 0) is 0 Å². The van der Waals surface area contributed by atoms with Gasteiger partial charge in [0, 0.05) is 17.4 Å². The summed E-state index contributed by atoms with van der Waals surface area (Å²) < 4.78 is 0. The molecule has 0 heterocycles. The number of hydrogen-bond acceptors (Lipinski definition) is 1. The summed E-state index contributed by atoms with van der Waals surface area (Å²) in [5.41, 5.74) is 6.27. The molecule has 4 aromatic carbocycles. The van der Waals surface area contributed by atoms with Gasteiger partial charge < -0.3 is 4.90 Å². The predicted molar refractivity (Wildman–Crippen MR) is 118 cm³/mol. The van der Waals surface area contributed by atoms with E-state index in [2.05, 4.69) is 117 Å². The highest BCUT2D eigenvalue weighted by Crippen LogP contribution is 2.34. The van der Waals surface area contributed by atoms with Crippen LogP contribution in [0.1, 0.15) is 19.4 Å². The van der Waals surface area contributed by atoms with Crippen molar-refractivity contribution < 1.29 is 0 Å². The van der Waals surface area contributed by atoms with Crippen molar-refractivity contribution in [2.75, 3.05) is 4.90 Å². The lowest BCUT2D eigenvalue weighted by Gasteiger charge is -2.30. The van der Waals surface area contributed by atoms with Gasteiger partial charge in [0.15, 0.2) is 0 Å². The van der Waals surface area contributed by atoms with Crippen molar-refractivity contribution in [2.24, 2.45) is 0 Å². The Morgan fingerprint density at radius 2 is 1.37 bits per heavy atom. The summed E-state index contributed by atoms with van der Waals surface area (Å²) in [7, 11) is 0. The highest BCUT2D eigenvalue weighted by molar-refractivity contribution is 5.97. The number of hydrogen-bond donors (Lipinski definition) is 0. The van der Waals surface area contributed by atoms with E-state index in [1.807, 2.05) is 0 Å². The van der Waals surface area contributed by atoms with Gasteiger partial charge in [0.2, 0.25) is 0 Å². The number of fused-ring (bicyclic) bond motifs is 1. The molecular weight excluding hydrogens is 326 g/mol. The Morgan fingerprint density at radius 3 is 2.15 bits per heavy atom. The molecule has 134 valence electrons. The lowest BCUT2D eigenvalue weighted by Crippen LogP contribution is -2.25. The maximum absolute atomic E-state index is 2.40. The Kier molecular flexibility index (Phi) is 4.68. The summed E-state index contributed by atoms with van der Waals surface area (Å²) in [4.78, 5) is 2.40. The smallest absolute Gasteiger partial charge is 0.0419 e. The summed E-state index contributed by atoms with van der Waals surface area (Å²) in [5.74, 6) is 0. The lowest BCUT2D eigenvalue weighted by molar-refractivity contribution is 0.789. The van der Waals surface area contributed by atoms with Crippen LogP contribution in [0.15, 0.2) is 91.0 Å². The van der Waals surface area contributed by atoms with E-state index in [0.29, 0.717) is 6.04 Å². The molecule has 0 amide bonds. The Labute approximate surface area is 161 Å². The third kappa shape index (κ3) is 3.46. The number of benzene rings is 4. The average Bonchev–Trinajstić information content (AvgIpc) is 2.69. The van der Waals surface area contributed by atoms with E-state index < -0.39 is 0 Å². The predicted octanol–water partition coefficient (Wildman–Crippen LogP) is 7.36. The molecule has 0 aromatic heterocycles. The molecule has 0 aliphatic carbocycles. The fourth-order valence-electron chi connectivity index (χ4n) is 3.75. The monoisotopic (exact) mass is 351 g/mol. The molecule has 0 saturated heterocycles. The summed E-state index contributed by atoms with van der Waals surface area (Å²) >= 11 is 0. The van der Waals surface area contributed by atoms with Gasteiger partial charge in [-0.05, 0) is 66.9 Å². The third-order valence-electron chi connectivity index (χ3n) is 5.05. The number of anilines is 2. The van der Waals surface area contributed by atoms with Crippen molar-refractivity contribution in [3.63, 3.8) is 0 Å². The second-order valence-electron chi connectivity index (χ2n) is 7.38. The second kappa shape index (κ2) is 7.28. The van der Waals surface area contributed by atoms with Gasteiger partial charge in [-0.15, -0.1) is 0 Å². The van der Waals surface area contributed by atoms with Crippen LogP contribution in [0.4, 0.5) is 11.4 Å². The average molecular weight is 351 g/mol. The maximum Gasteiger partial charge on any atom is 0.0419 e. The minimum atomic E-state index is 0.371. The minimum absolute atomic E-state index is 0.371. The first kappa shape index (κ1) is 17.4. The zero-order chi connectivity index (χ0) is 18.8. The molecule has 0 aliphatic rings. The summed E-state index contributed by atoms with van der Waals surface area (Å²) in [6.45, 7) is 6.61. The number of aryl methyl sites for hydroxylation is 1. The first-order chi connectivity index (χ1) is 13.1. The van der Waals surface area contributed by atoms with Crippen LogP contribution in [0.5, 0.6) is 0 Å². The second-order valence-corrected chi connectivity index (χ2v) is 7.38. The highest BCUT2D eigenvalue weighted by Gasteiger charge is 2.14. The summed E-state index contributed by atoms with van der Waals surface area (Å²) in [5, 5.41) is 2.57. The molecule has 0 aliphatic heterocycles. The van der Waals surface area contributed by atoms with Gasteiger partial charge in [0.05, 0.1) is 0 Å². The normalized spacial score (nSPS) is 11.1. The van der Waals surface area contributed by atoms with Gasteiger partial charge in [-0.1, -0.05) is 72.3 Å². The van der Waals surface area contributed by atoms with Crippen molar-refractivity contribution in [3.8, 4) is 11.1 Å². The Balaban J connectivity index is 1.82. The summed E-state index contributed by atoms with van der Waals surface area (Å²) in [6.07, 6.45) is 0. The molecule has 0 N–H and O–H groups in total. The SMILES string of the molecule is Cc1ccc(N(c2cccc(-c3cccc4ccccc34)c2)C(C)C)cc1. The molecule has 0 radical (unpaired) electrons. The van der Waals surface area contributed by atoms with Crippen LogP contribution in [0, 0.1) is 6.92 Å². The van der Waals surface area contributed by atoms with Crippen LogP contribution in [0.2, 0.25) is 0 Å². The molecule has 27 heavy (non-hydrogen) atoms. The Bertz CT molecular complexity index is 1060. The van der Waals surface area contributed by atoms with Gasteiger partial charge in [0.25, 0.3) is 0 Å². The van der Waals surface area contributed by atoms with E-state index in [1.54, 1.807) is 0 Å². The maximum atomic E-state index is 2.40. The topological polar surface area (TPSA) is 3.24 Å². The lowest BCUT2D eigenvalue weighted by atomic mass is 9.97. The number of nitrogens with zero attached hydrogens (tertiary/aromatic N) is 1. The number of rotatable bonds is 4. The minimum Gasteiger partial charge on any atom is -0.339 e. The highest BCUT2D eigenvalue weighted by atomic mass is 15.2. The fourth-order valence-corrected chi connectivity index (χ4v) is 3.75. The molecule has 4 aromatic rings. The van der Waals surface area contributed by atoms with E-state index in [0.717, 1.165) is 0 Å². The van der Waals surface area contributed by atoms with Gasteiger partial charge in [0.1, 0.15) is 0 Å². The van der Waals surface area contributed by atoms with Crippen LogP contribution in [-0.4, -0.2) is 6.04 Å². The molecule has 4 rings (SSSR count). The molecule has 0 spiro atoms. The standard InChI is InChI=1S/C26H25N/c1-19(2)27(23-16-14-20(3)15-17-23)24-11-6-10-22(18-24)26-13-7-9-21-8-4-5-12-25(21)26/h4-19H,1-3H3. The van der Waals surface area contributed by atoms with E-state index >= 15 is 0 Å². The van der Waals surface area contributed by atoms with Crippen LogP contribution < -0.4 is 4.90 Å². The van der Waals surface area contributed by atoms with Crippen LogP contribution in [0.3, 0.4) is 0 Å². The van der Waals surface area contributed by atoms with Gasteiger partial charge in [-0.25, -0.2) is 0 Å². The first-order valence-electron chi connectivity index (χ1n) is 9.57. The van der Waals surface area contributed by atoms with Gasteiger partial charge >= 0.3 is 0 Å². The van der Waals surface area contributed by atoms with E-state index in [9.17, 15) is 0 Å². The van der Waals surface area contributed by atoms with Crippen molar-refractivity contribution >= 4 is 22.1 Å². The van der Waals surface area contributed by atoms with Gasteiger partial charge in [-0.3, -0.25) is 0 Å². The van der Waals surface area contributed by atoms with Gasteiger partial charge in [-0.2, -0.15) is 0 Å². The molecular formula is C26H25N. The zero-order valence-corrected chi connectivity index (χ0v) is 16.2. The van der Waals surface area contributed by atoms with E-state index in [1.165, 1.54) is 38.8 Å². The first-order valence-corrected chi connectivity index (χ1v) is 9.57. The van der Waals surface area contributed by atoms with E-state index in [4.69, 9.17) is 0 Å². The molecule has 1 nitrogen and oxygen atoms in total. The van der Waals surface area contributed by atoms with Crippen molar-refractivity contribution in [1.29, 1.82) is 0 Å². The largest absolute Gasteiger partial charge is 0.339 e. The van der Waals surface area contributed by atoms with E-state index in [-0.39, 0.29) is 0 Å². The summed E-state index contributed by atoms with van der Waals surface area (Å²) in [6, 6.07) is 33.2. The Hall–Kier alpha value is -3.06. The molecule has 0 unspecified atom stereocenters. The zero-order valence-electron chi connectivity index (χ0n) is 16.2. The molecule has 0 saturated carbocycles. The van der Waals surface area contributed by atoms with Crippen LogP contribution in [0.25, 0.3) is 21.9 Å². The fraction of sp³-hybridized carbons (Fsp3) is 0.154. The molecule has 1 heteroatoms. The Morgan fingerprint density at radius 1 is 0.667 bits per heavy atom. The van der Waals surface area contributed by atoms with Crippen LogP contribution >= 0.6 is 0 Å². The van der Waals surface area contributed by atoms with Crippen molar-refractivity contribution in [2.45, 2.75) is 26.8 Å². The third-order valence-corrected chi connectivity index (χ3v) is 5.05.